The molecule has 25 heavy (non-hydrogen) atoms. The van der Waals surface area contributed by atoms with Crippen molar-refractivity contribution in [2.45, 2.75) is 26.7 Å². The van der Waals surface area contributed by atoms with Gasteiger partial charge in [0.2, 0.25) is 5.91 Å². The van der Waals surface area contributed by atoms with Gasteiger partial charge in [0, 0.05) is 31.3 Å². The third-order valence-corrected chi connectivity index (χ3v) is 4.22. The number of nitro groups is 1. The Kier molecular flexibility index (Phi) is 6.32. The minimum absolute atomic E-state index is 0.0836. The van der Waals surface area contributed by atoms with Gasteiger partial charge in [0.25, 0.3) is 11.6 Å². The molecule has 1 heterocycles. The van der Waals surface area contributed by atoms with Crippen molar-refractivity contribution >= 4 is 23.2 Å². The Balaban J connectivity index is 2.16. The highest BCUT2D eigenvalue weighted by Gasteiger charge is 2.25. The lowest BCUT2D eigenvalue weighted by molar-refractivity contribution is -0.384. The monoisotopic (exact) mass is 348 g/mol. The maximum Gasteiger partial charge on any atom is 0.293 e. The number of carbonyl (C=O) groups excluding carboxylic acids is 2. The van der Waals surface area contributed by atoms with Crippen LogP contribution in [0, 0.1) is 16.0 Å². The smallest absolute Gasteiger partial charge is 0.293 e. The van der Waals surface area contributed by atoms with Crippen LogP contribution in [0.1, 0.15) is 37.0 Å². The normalized spacial score (nSPS) is 17.0. The first-order valence-electron chi connectivity index (χ1n) is 8.50. The van der Waals surface area contributed by atoms with Crippen molar-refractivity contribution in [1.29, 1.82) is 0 Å². The molecule has 2 rings (SSSR count). The van der Waals surface area contributed by atoms with Crippen LogP contribution in [0.2, 0.25) is 0 Å². The van der Waals surface area contributed by atoms with E-state index >= 15 is 0 Å². The van der Waals surface area contributed by atoms with Gasteiger partial charge in [-0.2, -0.15) is 0 Å². The number of rotatable bonds is 6. The first kappa shape index (κ1) is 18.7. The molecule has 1 atom stereocenters. The Hall–Kier alpha value is -2.64. The molecule has 2 N–H and O–H groups in total. The zero-order valence-corrected chi connectivity index (χ0v) is 14.6. The molecule has 0 saturated carbocycles. The molecule has 0 unspecified atom stereocenters. The van der Waals surface area contributed by atoms with Crippen molar-refractivity contribution in [2.75, 3.05) is 31.1 Å². The Labute approximate surface area is 146 Å². The Bertz CT molecular complexity index is 662. The van der Waals surface area contributed by atoms with Crippen LogP contribution in [0.15, 0.2) is 18.2 Å². The predicted octanol–water partition coefficient (Wildman–Crippen LogP) is 1.70. The van der Waals surface area contributed by atoms with Gasteiger partial charge in [-0.15, -0.1) is 0 Å². The highest BCUT2D eigenvalue weighted by atomic mass is 16.6. The molecule has 2 amide bonds. The largest absolute Gasteiger partial charge is 0.366 e. The first-order valence-corrected chi connectivity index (χ1v) is 8.50. The number of piperidine rings is 1. The molecular weight excluding hydrogens is 324 g/mol. The molecule has 0 spiro atoms. The quantitative estimate of drug-likeness (QED) is 0.601. The minimum atomic E-state index is -0.507. The molecule has 8 heteroatoms. The SMILES string of the molecule is CCNC(=O)CNC(=O)c1ccc(N2CCC[C@H](C)C2)c([N+](=O)[O-])c1. The van der Waals surface area contributed by atoms with E-state index in [-0.39, 0.29) is 23.7 Å². The highest BCUT2D eigenvalue weighted by Crippen LogP contribution is 2.32. The molecule has 1 fully saturated rings. The average Bonchev–Trinajstić information content (AvgIpc) is 2.59. The van der Waals surface area contributed by atoms with Gasteiger partial charge in [0.05, 0.1) is 11.5 Å². The summed E-state index contributed by atoms with van der Waals surface area (Å²) in [6.45, 7) is 5.76. The number of amides is 2. The molecule has 0 bridgehead atoms. The number of hydrogen-bond acceptors (Lipinski definition) is 5. The molecule has 8 nitrogen and oxygen atoms in total. The number of likely N-dealkylation sites (N-methyl/N-ethyl adjacent to an activating group) is 1. The van der Waals surface area contributed by atoms with Crippen LogP contribution in [0.25, 0.3) is 0 Å². The van der Waals surface area contributed by atoms with E-state index in [4.69, 9.17) is 0 Å². The third kappa shape index (κ3) is 4.91. The van der Waals surface area contributed by atoms with Crippen molar-refractivity contribution < 1.29 is 14.5 Å². The number of nitrogens with one attached hydrogen (secondary N) is 2. The van der Waals surface area contributed by atoms with Crippen LogP contribution < -0.4 is 15.5 Å². The van der Waals surface area contributed by atoms with Crippen molar-refractivity contribution in [3.8, 4) is 0 Å². The Morgan fingerprint density at radius 3 is 2.76 bits per heavy atom. The maximum atomic E-state index is 12.1. The number of anilines is 1. The van der Waals surface area contributed by atoms with Crippen LogP contribution >= 0.6 is 0 Å². The number of nitro benzene ring substituents is 1. The second kappa shape index (κ2) is 8.46. The van der Waals surface area contributed by atoms with Gasteiger partial charge in [0.15, 0.2) is 0 Å². The first-order chi connectivity index (χ1) is 11.9. The summed E-state index contributed by atoms with van der Waals surface area (Å²) in [4.78, 5) is 36.5. The van der Waals surface area contributed by atoms with Crippen LogP contribution in [-0.4, -0.2) is 42.9 Å². The number of hydrogen-bond donors (Lipinski definition) is 2. The lowest BCUT2D eigenvalue weighted by atomic mass is 9.99. The highest BCUT2D eigenvalue weighted by molar-refractivity contribution is 5.97. The molecule has 136 valence electrons. The fourth-order valence-electron chi connectivity index (χ4n) is 3.01. The van der Waals surface area contributed by atoms with Gasteiger partial charge in [-0.05, 0) is 37.8 Å². The molecule has 1 saturated heterocycles. The van der Waals surface area contributed by atoms with Crippen LogP contribution in [0.5, 0.6) is 0 Å². The second-order valence-electron chi connectivity index (χ2n) is 6.29. The fraction of sp³-hybridized carbons (Fsp3) is 0.529. The van der Waals surface area contributed by atoms with Crippen LogP contribution in [0.3, 0.4) is 0 Å². The van der Waals surface area contributed by atoms with Gasteiger partial charge in [0.1, 0.15) is 5.69 Å². The molecule has 0 radical (unpaired) electrons. The van der Waals surface area contributed by atoms with Crippen molar-refractivity contribution in [2.24, 2.45) is 5.92 Å². The molecule has 1 aliphatic heterocycles. The minimum Gasteiger partial charge on any atom is -0.366 e. The van der Waals surface area contributed by atoms with Crippen molar-refractivity contribution in [1.82, 2.24) is 10.6 Å². The summed E-state index contributed by atoms with van der Waals surface area (Å²) in [5, 5.41) is 16.5. The van der Waals surface area contributed by atoms with E-state index in [2.05, 4.69) is 17.6 Å². The Morgan fingerprint density at radius 2 is 2.12 bits per heavy atom. The van der Waals surface area contributed by atoms with Crippen molar-refractivity contribution in [3.05, 3.63) is 33.9 Å². The molecule has 0 aromatic heterocycles. The summed E-state index contributed by atoms with van der Waals surface area (Å²) >= 11 is 0. The third-order valence-electron chi connectivity index (χ3n) is 4.22. The zero-order valence-electron chi connectivity index (χ0n) is 14.6. The fourth-order valence-corrected chi connectivity index (χ4v) is 3.01. The molecular formula is C17H24N4O4. The lowest BCUT2D eigenvalue weighted by Crippen LogP contribution is -2.37. The number of nitrogens with zero attached hydrogens (tertiary/aromatic N) is 2. The van der Waals surface area contributed by atoms with Gasteiger partial charge in [-0.3, -0.25) is 19.7 Å². The Morgan fingerprint density at radius 1 is 1.36 bits per heavy atom. The topological polar surface area (TPSA) is 105 Å². The predicted molar refractivity (Wildman–Crippen MR) is 94.7 cm³/mol. The van der Waals surface area contributed by atoms with E-state index in [0.29, 0.717) is 18.2 Å². The summed E-state index contributed by atoms with van der Waals surface area (Å²) in [7, 11) is 0. The standard InChI is InChI=1S/C17H24N4O4/c1-3-18-16(22)10-19-17(23)13-6-7-14(15(9-13)21(24)25)20-8-4-5-12(2)11-20/h6-7,9,12H,3-5,8,10-11H2,1-2H3,(H,18,22)(H,19,23)/t12-/m0/s1. The van der Waals surface area contributed by atoms with Gasteiger partial charge in [-0.25, -0.2) is 0 Å². The lowest BCUT2D eigenvalue weighted by Gasteiger charge is -2.32. The van der Waals surface area contributed by atoms with E-state index in [0.717, 1.165) is 25.9 Å². The second-order valence-corrected chi connectivity index (χ2v) is 6.29. The average molecular weight is 348 g/mol. The van der Waals surface area contributed by atoms with Crippen LogP contribution in [0.4, 0.5) is 11.4 Å². The maximum absolute atomic E-state index is 12.1. The van der Waals surface area contributed by atoms with E-state index in [1.165, 1.54) is 6.07 Å². The summed E-state index contributed by atoms with van der Waals surface area (Å²) in [5.74, 6) is -0.328. The summed E-state index contributed by atoms with van der Waals surface area (Å²) < 4.78 is 0. The van der Waals surface area contributed by atoms with E-state index in [1.54, 1.807) is 19.1 Å². The molecule has 1 aliphatic rings. The van der Waals surface area contributed by atoms with Gasteiger partial charge >= 0.3 is 0 Å². The summed E-state index contributed by atoms with van der Waals surface area (Å²) in [6, 6.07) is 4.47. The molecule has 1 aromatic carbocycles. The summed E-state index contributed by atoms with van der Waals surface area (Å²) in [5.41, 5.74) is 0.626. The van der Waals surface area contributed by atoms with Crippen LogP contribution in [-0.2, 0) is 4.79 Å². The zero-order chi connectivity index (χ0) is 18.4. The summed E-state index contributed by atoms with van der Waals surface area (Å²) in [6.07, 6.45) is 2.11. The van der Waals surface area contributed by atoms with Gasteiger partial charge in [-0.1, -0.05) is 6.92 Å². The number of carbonyl (C=O) groups is 2. The number of benzene rings is 1. The van der Waals surface area contributed by atoms with E-state index < -0.39 is 10.8 Å². The van der Waals surface area contributed by atoms with Gasteiger partial charge < -0.3 is 15.5 Å². The molecule has 1 aromatic rings. The molecule has 0 aliphatic carbocycles. The van der Waals surface area contributed by atoms with E-state index in [9.17, 15) is 19.7 Å². The van der Waals surface area contributed by atoms with Crippen molar-refractivity contribution in [3.63, 3.8) is 0 Å². The van der Waals surface area contributed by atoms with E-state index in [1.807, 2.05) is 4.90 Å².